The van der Waals surface area contributed by atoms with Crippen LogP contribution in [0.5, 0.6) is 0 Å². The van der Waals surface area contributed by atoms with Crippen molar-refractivity contribution in [1.82, 2.24) is 10.6 Å². The third-order valence-corrected chi connectivity index (χ3v) is 4.27. The van der Waals surface area contributed by atoms with Crippen LogP contribution in [-0.2, 0) is 14.3 Å². The summed E-state index contributed by atoms with van der Waals surface area (Å²) >= 11 is 0. The molecule has 1 fully saturated rings. The maximum Gasteiger partial charge on any atom is 0.329 e. The van der Waals surface area contributed by atoms with Crippen molar-refractivity contribution in [3.63, 3.8) is 0 Å². The van der Waals surface area contributed by atoms with Crippen molar-refractivity contribution in [2.45, 2.75) is 58.0 Å². The van der Waals surface area contributed by atoms with Crippen LogP contribution in [0.3, 0.4) is 0 Å². The molecule has 138 valence electrons. The standard InChI is InChI=1S/C18H26N2O5/c1-12(2)16(20-17(22)14-9-6-10-24-14)18(23)25-11-15(21)19-13-7-4-3-5-8-13/h6,9-10,12-13,16H,3-5,7-8,11H2,1-2H3,(H,19,21)(H,20,22)/t16-/m0/s1. The van der Waals surface area contributed by atoms with Gasteiger partial charge in [0.15, 0.2) is 12.4 Å². The Bertz CT molecular complexity index is 576. The van der Waals surface area contributed by atoms with Crippen LogP contribution in [0.25, 0.3) is 0 Å². The molecular weight excluding hydrogens is 324 g/mol. The molecule has 2 amide bonds. The maximum atomic E-state index is 12.2. The summed E-state index contributed by atoms with van der Waals surface area (Å²) in [5.74, 6) is -1.50. The van der Waals surface area contributed by atoms with Gasteiger partial charge in [0.05, 0.1) is 6.26 Å². The lowest BCUT2D eigenvalue weighted by molar-refractivity contribution is -0.151. The minimum atomic E-state index is -0.847. The molecule has 1 aromatic heterocycles. The van der Waals surface area contributed by atoms with Crippen molar-refractivity contribution in [2.24, 2.45) is 5.92 Å². The SMILES string of the molecule is CC(C)[C@H](NC(=O)c1ccco1)C(=O)OCC(=O)NC1CCCCC1. The number of ether oxygens (including phenoxy) is 1. The zero-order chi connectivity index (χ0) is 18.2. The van der Waals surface area contributed by atoms with Crippen molar-refractivity contribution in [3.05, 3.63) is 24.2 Å². The fourth-order valence-electron chi connectivity index (χ4n) is 2.86. The number of carbonyl (C=O) groups excluding carboxylic acids is 3. The molecule has 0 aliphatic heterocycles. The molecule has 7 nitrogen and oxygen atoms in total. The zero-order valence-corrected chi connectivity index (χ0v) is 14.7. The van der Waals surface area contributed by atoms with Crippen LogP contribution in [0.15, 0.2) is 22.8 Å². The van der Waals surface area contributed by atoms with Crippen LogP contribution >= 0.6 is 0 Å². The molecule has 7 heteroatoms. The van der Waals surface area contributed by atoms with Gasteiger partial charge < -0.3 is 19.8 Å². The lowest BCUT2D eigenvalue weighted by Gasteiger charge is -2.23. The van der Waals surface area contributed by atoms with Crippen LogP contribution in [0.2, 0.25) is 0 Å². The molecule has 1 heterocycles. The highest BCUT2D eigenvalue weighted by Crippen LogP contribution is 2.17. The molecule has 0 aromatic carbocycles. The molecular formula is C18H26N2O5. The summed E-state index contributed by atoms with van der Waals surface area (Å²) in [4.78, 5) is 36.2. The van der Waals surface area contributed by atoms with Gasteiger partial charge in [-0.05, 0) is 30.9 Å². The third kappa shape index (κ3) is 5.92. The van der Waals surface area contributed by atoms with E-state index in [4.69, 9.17) is 9.15 Å². The van der Waals surface area contributed by atoms with Crippen molar-refractivity contribution < 1.29 is 23.5 Å². The third-order valence-electron chi connectivity index (χ3n) is 4.27. The number of furan rings is 1. The van der Waals surface area contributed by atoms with E-state index in [9.17, 15) is 14.4 Å². The van der Waals surface area contributed by atoms with Gasteiger partial charge in [0, 0.05) is 6.04 Å². The van der Waals surface area contributed by atoms with E-state index in [-0.39, 0.29) is 30.2 Å². The van der Waals surface area contributed by atoms with Crippen LogP contribution < -0.4 is 10.6 Å². The first-order valence-electron chi connectivity index (χ1n) is 8.77. The first kappa shape index (κ1) is 19.0. The van der Waals surface area contributed by atoms with Crippen LogP contribution in [0, 0.1) is 5.92 Å². The Hall–Kier alpha value is -2.31. The van der Waals surface area contributed by atoms with Gasteiger partial charge in [0.25, 0.3) is 11.8 Å². The van der Waals surface area contributed by atoms with Crippen molar-refractivity contribution in [1.29, 1.82) is 0 Å². The molecule has 1 aliphatic rings. The van der Waals surface area contributed by atoms with Gasteiger partial charge in [-0.2, -0.15) is 0 Å². The Labute approximate surface area is 147 Å². The summed E-state index contributed by atoms with van der Waals surface area (Å²) in [5.41, 5.74) is 0. The average Bonchev–Trinajstić information content (AvgIpc) is 3.12. The normalized spacial score (nSPS) is 16.3. The Kier molecular flexibility index (Phi) is 7.03. The van der Waals surface area contributed by atoms with Crippen molar-refractivity contribution in [2.75, 3.05) is 6.61 Å². The predicted octanol–water partition coefficient (Wildman–Crippen LogP) is 2.03. The van der Waals surface area contributed by atoms with E-state index < -0.39 is 17.9 Å². The summed E-state index contributed by atoms with van der Waals surface area (Å²) in [6.07, 6.45) is 6.74. The topological polar surface area (TPSA) is 97.6 Å². The quantitative estimate of drug-likeness (QED) is 0.733. The van der Waals surface area contributed by atoms with Gasteiger partial charge in [-0.1, -0.05) is 33.1 Å². The Morgan fingerprint density at radius 2 is 1.96 bits per heavy atom. The molecule has 1 aliphatic carbocycles. The summed E-state index contributed by atoms with van der Waals surface area (Å²) < 4.78 is 10.1. The largest absolute Gasteiger partial charge is 0.459 e. The van der Waals surface area contributed by atoms with Gasteiger partial charge in [-0.3, -0.25) is 9.59 Å². The van der Waals surface area contributed by atoms with Gasteiger partial charge in [0.1, 0.15) is 6.04 Å². The second-order valence-electron chi connectivity index (χ2n) is 6.68. The Morgan fingerprint density at radius 1 is 1.24 bits per heavy atom. The van der Waals surface area contributed by atoms with E-state index in [1.807, 2.05) is 0 Å². The van der Waals surface area contributed by atoms with Crippen molar-refractivity contribution >= 4 is 17.8 Å². The fraction of sp³-hybridized carbons (Fsp3) is 0.611. The van der Waals surface area contributed by atoms with E-state index in [0.29, 0.717) is 0 Å². The second kappa shape index (κ2) is 9.25. The summed E-state index contributed by atoms with van der Waals surface area (Å²) in [6.45, 7) is 3.24. The molecule has 25 heavy (non-hydrogen) atoms. The molecule has 1 saturated carbocycles. The molecule has 0 saturated heterocycles. The number of hydrogen-bond donors (Lipinski definition) is 2. The second-order valence-corrected chi connectivity index (χ2v) is 6.68. The number of rotatable bonds is 7. The molecule has 0 bridgehead atoms. The van der Waals surface area contributed by atoms with E-state index in [1.165, 1.54) is 18.8 Å². The number of esters is 1. The van der Waals surface area contributed by atoms with Crippen LogP contribution in [0.4, 0.5) is 0 Å². The smallest absolute Gasteiger partial charge is 0.329 e. The predicted molar refractivity (Wildman–Crippen MR) is 90.8 cm³/mol. The van der Waals surface area contributed by atoms with Crippen molar-refractivity contribution in [3.8, 4) is 0 Å². The maximum absolute atomic E-state index is 12.2. The Morgan fingerprint density at radius 3 is 2.56 bits per heavy atom. The van der Waals surface area contributed by atoms with E-state index in [1.54, 1.807) is 19.9 Å². The highest BCUT2D eigenvalue weighted by atomic mass is 16.5. The molecule has 2 rings (SSSR count). The Balaban J connectivity index is 1.81. The summed E-state index contributed by atoms with van der Waals surface area (Å²) in [5, 5.41) is 5.47. The number of amides is 2. The molecule has 1 aromatic rings. The van der Waals surface area contributed by atoms with Gasteiger partial charge in [0.2, 0.25) is 0 Å². The van der Waals surface area contributed by atoms with E-state index in [2.05, 4.69) is 10.6 Å². The molecule has 2 N–H and O–H groups in total. The lowest BCUT2D eigenvalue weighted by atomic mass is 9.95. The van der Waals surface area contributed by atoms with Gasteiger partial charge >= 0.3 is 5.97 Å². The summed E-state index contributed by atoms with van der Waals surface area (Å²) in [6, 6.07) is 2.42. The fourth-order valence-corrected chi connectivity index (χ4v) is 2.86. The first-order valence-corrected chi connectivity index (χ1v) is 8.77. The molecule has 1 atom stereocenters. The van der Waals surface area contributed by atoms with Crippen LogP contribution in [-0.4, -0.2) is 36.5 Å². The zero-order valence-electron chi connectivity index (χ0n) is 14.7. The summed E-state index contributed by atoms with van der Waals surface area (Å²) in [7, 11) is 0. The van der Waals surface area contributed by atoms with E-state index >= 15 is 0 Å². The van der Waals surface area contributed by atoms with E-state index in [0.717, 1.165) is 25.7 Å². The average molecular weight is 350 g/mol. The molecule has 0 unspecified atom stereocenters. The first-order chi connectivity index (χ1) is 12.0. The number of carbonyl (C=O) groups is 3. The lowest BCUT2D eigenvalue weighted by Crippen LogP contribution is -2.46. The number of nitrogens with one attached hydrogen (secondary N) is 2. The minimum Gasteiger partial charge on any atom is -0.459 e. The minimum absolute atomic E-state index is 0.119. The van der Waals surface area contributed by atoms with Gasteiger partial charge in [-0.15, -0.1) is 0 Å². The highest BCUT2D eigenvalue weighted by Gasteiger charge is 2.27. The molecule has 0 spiro atoms. The van der Waals surface area contributed by atoms with Gasteiger partial charge in [-0.25, -0.2) is 4.79 Å². The molecule has 0 radical (unpaired) electrons. The number of hydrogen-bond acceptors (Lipinski definition) is 5. The van der Waals surface area contributed by atoms with Crippen LogP contribution in [0.1, 0.15) is 56.5 Å². The monoisotopic (exact) mass is 350 g/mol. The highest BCUT2D eigenvalue weighted by molar-refractivity contribution is 5.94.